The molecule has 8 heteroatoms. The molecule has 2 aromatic rings. The Balaban J connectivity index is 1.97. The summed E-state index contributed by atoms with van der Waals surface area (Å²) < 4.78 is 50.9. The number of amides is 1. The molecule has 1 fully saturated rings. The normalized spacial score (nSPS) is 16.2. The average molecular weight is 440 g/mol. The number of nitrogens with one attached hydrogen (secondary N) is 1. The molecule has 0 radical (unpaired) electrons. The first-order valence-corrected chi connectivity index (χ1v) is 11.7. The molecule has 156 valence electrons. The monoisotopic (exact) mass is 439 g/mol. The predicted molar refractivity (Wildman–Crippen MR) is 111 cm³/mol. The number of benzene rings is 2. The number of aryl methyl sites for hydroxylation is 2. The van der Waals surface area contributed by atoms with Crippen molar-refractivity contribution in [2.24, 2.45) is 0 Å². The van der Waals surface area contributed by atoms with E-state index in [9.17, 15) is 22.0 Å². The fourth-order valence-electron chi connectivity index (χ4n) is 3.77. The molecule has 0 unspecified atom stereocenters. The lowest BCUT2D eigenvalue weighted by molar-refractivity contribution is -0.118. The van der Waals surface area contributed by atoms with Crippen molar-refractivity contribution in [2.45, 2.75) is 59.8 Å². The summed E-state index contributed by atoms with van der Waals surface area (Å²) in [6, 6.07) is 11.3. The molecular weight excluding hydrogens is 416 g/mol. The van der Waals surface area contributed by atoms with Gasteiger partial charge >= 0.3 is 0 Å². The third-order valence-electron chi connectivity index (χ3n) is 5.29. The maximum atomic E-state index is 13.6. The van der Waals surface area contributed by atoms with Crippen LogP contribution >= 0.6 is 11.8 Å². The van der Waals surface area contributed by atoms with Gasteiger partial charge in [0.2, 0.25) is 5.91 Å². The number of hydrogen-bond donors (Lipinski definition) is 1. The number of hydrogen-bond acceptors (Lipinski definition) is 4. The molecule has 29 heavy (non-hydrogen) atoms. The third kappa shape index (κ3) is 4.33. The molecule has 0 spiro atoms. The quantitative estimate of drug-likeness (QED) is 0.617. The molecule has 3 rings (SSSR count). The maximum absolute atomic E-state index is 13.6. The number of alkyl halides is 2. The van der Waals surface area contributed by atoms with Crippen molar-refractivity contribution in [1.82, 2.24) is 0 Å². The number of carbonyl (C=O) groups is 1. The first-order chi connectivity index (χ1) is 13.7. The highest BCUT2D eigenvalue weighted by molar-refractivity contribution is 7.99. The summed E-state index contributed by atoms with van der Waals surface area (Å²) in [6.07, 6.45) is 1.75. The van der Waals surface area contributed by atoms with Crippen LogP contribution < -0.4 is 5.32 Å². The van der Waals surface area contributed by atoms with Crippen LogP contribution in [0.4, 0.5) is 14.5 Å². The summed E-state index contributed by atoms with van der Waals surface area (Å²) in [5, 5.41) is 2.67. The Labute approximate surface area is 174 Å². The highest BCUT2D eigenvalue weighted by atomic mass is 32.2. The lowest BCUT2D eigenvalue weighted by Gasteiger charge is -2.28. The molecule has 1 N–H and O–H groups in total. The van der Waals surface area contributed by atoms with Gasteiger partial charge in [-0.2, -0.15) is 8.78 Å². The Morgan fingerprint density at radius 2 is 1.79 bits per heavy atom. The lowest BCUT2D eigenvalue weighted by atomic mass is 10.1. The second kappa shape index (κ2) is 8.44. The Morgan fingerprint density at radius 1 is 1.10 bits per heavy atom. The van der Waals surface area contributed by atoms with Crippen LogP contribution in [-0.2, 0) is 14.6 Å². The molecule has 2 aromatic carbocycles. The smallest absolute Gasteiger partial charge is 0.288 e. The Bertz CT molecular complexity index is 1020. The molecule has 0 saturated heterocycles. The van der Waals surface area contributed by atoms with Gasteiger partial charge in [-0.1, -0.05) is 42.8 Å². The molecule has 0 bridgehead atoms. The van der Waals surface area contributed by atoms with Gasteiger partial charge in [0.1, 0.15) is 0 Å². The summed E-state index contributed by atoms with van der Waals surface area (Å²) >= 11 is 0.374. The van der Waals surface area contributed by atoms with Crippen molar-refractivity contribution >= 4 is 33.2 Å². The van der Waals surface area contributed by atoms with Gasteiger partial charge in [-0.05, 0) is 62.1 Å². The minimum Gasteiger partial charge on any atom is -0.325 e. The van der Waals surface area contributed by atoms with Gasteiger partial charge in [-0.25, -0.2) is 8.42 Å². The number of carbonyl (C=O) groups excluding carboxylic acids is 1. The van der Waals surface area contributed by atoms with Crippen molar-refractivity contribution in [3.8, 4) is 0 Å². The van der Waals surface area contributed by atoms with E-state index in [1.807, 2.05) is 13.0 Å². The molecule has 1 aliphatic carbocycles. The van der Waals surface area contributed by atoms with Crippen molar-refractivity contribution in [2.75, 3.05) is 5.32 Å². The molecule has 1 saturated carbocycles. The topological polar surface area (TPSA) is 63.2 Å². The SMILES string of the molecule is Cc1ccc(C)c(S(=O)(=O)C2(C(=O)Nc3cccc(SC(F)F)c3)CCCC2)c1. The number of rotatable bonds is 6. The summed E-state index contributed by atoms with van der Waals surface area (Å²) in [6.45, 7) is 3.53. The van der Waals surface area contributed by atoms with Crippen molar-refractivity contribution in [3.05, 3.63) is 53.6 Å². The zero-order valence-corrected chi connectivity index (χ0v) is 17.9. The second-order valence-corrected chi connectivity index (χ2v) is 10.6. The molecule has 4 nitrogen and oxygen atoms in total. The van der Waals surface area contributed by atoms with Gasteiger partial charge in [0.25, 0.3) is 5.76 Å². The zero-order valence-electron chi connectivity index (χ0n) is 16.2. The van der Waals surface area contributed by atoms with Crippen LogP contribution in [0, 0.1) is 13.8 Å². The average Bonchev–Trinajstić information content (AvgIpc) is 3.15. The Kier molecular flexibility index (Phi) is 6.33. The minimum absolute atomic E-state index is 0.177. The van der Waals surface area contributed by atoms with E-state index < -0.39 is 26.2 Å². The Hall–Kier alpha value is -1.93. The Morgan fingerprint density at radius 3 is 2.45 bits per heavy atom. The largest absolute Gasteiger partial charge is 0.325 e. The van der Waals surface area contributed by atoms with Gasteiger partial charge in [0.15, 0.2) is 14.6 Å². The summed E-state index contributed by atoms with van der Waals surface area (Å²) in [5.74, 6) is -3.18. The summed E-state index contributed by atoms with van der Waals surface area (Å²) in [4.78, 5) is 13.7. The summed E-state index contributed by atoms with van der Waals surface area (Å²) in [7, 11) is -3.94. The number of sulfone groups is 1. The van der Waals surface area contributed by atoms with Crippen LogP contribution in [0.2, 0.25) is 0 Å². The van der Waals surface area contributed by atoms with E-state index in [0.29, 0.717) is 40.7 Å². The van der Waals surface area contributed by atoms with Crippen LogP contribution in [-0.4, -0.2) is 24.8 Å². The fraction of sp³-hybridized carbons (Fsp3) is 0.381. The molecular formula is C21H23F2NO3S2. The van der Waals surface area contributed by atoms with Crippen LogP contribution in [0.15, 0.2) is 52.3 Å². The van der Waals surface area contributed by atoms with E-state index in [1.54, 1.807) is 31.2 Å². The van der Waals surface area contributed by atoms with Crippen LogP contribution in [0.5, 0.6) is 0 Å². The molecule has 1 amide bonds. The highest BCUT2D eigenvalue weighted by Crippen LogP contribution is 2.42. The van der Waals surface area contributed by atoms with Gasteiger partial charge in [-0.15, -0.1) is 0 Å². The van der Waals surface area contributed by atoms with Crippen molar-refractivity contribution in [3.63, 3.8) is 0 Å². The molecule has 1 aliphatic rings. The van der Waals surface area contributed by atoms with Gasteiger partial charge < -0.3 is 5.32 Å². The van der Waals surface area contributed by atoms with E-state index in [-0.39, 0.29) is 17.7 Å². The maximum Gasteiger partial charge on any atom is 0.288 e. The van der Waals surface area contributed by atoms with Gasteiger partial charge in [-0.3, -0.25) is 4.79 Å². The number of thioether (sulfide) groups is 1. The first-order valence-electron chi connectivity index (χ1n) is 9.34. The van der Waals surface area contributed by atoms with Gasteiger partial charge in [0.05, 0.1) is 4.90 Å². The standard InChI is InChI=1S/C21H23F2NO3S2/c1-14-8-9-15(2)18(12-14)29(26,27)21(10-3-4-11-21)19(25)24-16-6-5-7-17(13-16)28-20(22)23/h5-9,12-13,20H,3-4,10-11H2,1-2H3,(H,24,25). The van der Waals surface area contributed by atoms with E-state index in [4.69, 9.17) is 0 Å². The molecule has 0 aromatic heterocycles. The van der Waals surface area contributed by atoms with Crippen molar-refractivity contribution in [1.29, 1.82) is 0 Å². The van der Waals surface area contributed by atoms with E-state index in [0.717, 1.165) is 5.56 Å². The number of halogens is 2. The van der Waals surface area contributed by atoms with Gasteiger partial charge in [0, 0.05) is 10.6 Å². The minimum atomic E-state index is -3.94. The predicted octanol–water partition coefficient (Wildman–Crippen LogP) is 5.34. The molecule has 0 atom stereocenters. The number of anilines is 1. The van der Waals surface area contributed by atoms with E-state index in [1.165, 1.54) is 12.1 Å². The van der Waals surface area contributed by atoms with E-state index in [2.05, 4.69) is 5.32 Å². The van der Waals surface area contributed by atoms with Crippen LogP contribution in [0.25, 0.3) is 0 Å². The summed E-state index contributed by atoms with van der Waals surface area (Å²) in [5.41, 5.74) is 1.72. The second-order valence-electron chi connectivity index (χ2n) is 7.33. The zero-order chi connectivity index (χ0) is 21.2. The van der Waals surface area contributed by atoms with Crippen LogP contribution in [0.3, 0.4) is 0 Å². The van der Waals surface area contributed by atoms with Crippen molar-refractivity contribution < 1.29 is 22.0 Å². The highest BCUT2D eigenvalue weighted by Gasteiger charge is 2.53. The fourth-order valence-corrected chi connectivity index (χ4v) is 6.70. The molecule has 0 heterocycles. The molecule has 0 aliphatic heterocycles. The third-order valence-corrected chi connectivity index (χ3v) is 8.64. The first kappa shape index (κ1) is 21.8. The van der Waals surface area contributed by atoms with Crippen LogP contribution in [0.1, 0.15) is 36.8 Å². The lowest BCUT2D eigenvalue weighted by Crippen LogP contribution is -2.47. The van der Waals surface area contributed by atoms with E-state index >= 15 is 0 Å².